The van der Waals surface area contributed by atoms with Crippen LogP contribution in [0.2, 0.25) is 0 Å². The third-order valence-corrected chi connectivity index (χ3v) is 3.01. The van der Waals surface area contributed by atoms with Gasteiger partial charge in [0.2, 0.25) is 0 Å². The molecule has 0 aromatic heterocycles. The van der Waals surface area contributed by atoms with Gasteiger partial charge >= 0.3 is 12.0 Å². The fourth-order valence-electron chi connectivity index (χ4n) is 1.77. The highest BCUT2D eigenvalue weighted by molar-refractivity contribution is 5.83. The molecule has 0 radical (unpaired) electrons. The van der Waals surface area contributed by atoms with Gasteiger partial charge in [-0.1, -0.05) is 0 Å². The second kappa shape index (κ2) is 5.16. The first kappa shape index (κ1) is 12.8. The summed E-state index contributed by atoms with van der Waals surface area (Å²) in [6.07, 6.45) is 1.21. The first-order valence-corrected chi connectivity index (χ1v) is 5.36. The Labute approximate surface area is 94.4 Å². The fourth-order valence-corrected chi connectivity index (χ4v) is 1.77. The Kier molecular flexibility index (Phi) is 4.12. The van der Waals surface area contributed by atoms with Gasteiger partial charge in [0, 0.05) is 13.6 Å². The zero-order valence-electron chi connectivity index (χ0n) is 9.59. The third-order valence-electron chi connectivity index (χ3n) is 3.01. The summed E-state index contributed by atoms with van der Waals surface area (Å²) in [6, 6.07) is -1.35. The van der Waals surface area contributed by atoms with Crippen LogP contribution in [0.15, 0.2) is 0 Å². The van der Waals surface area contributed by atoms with Gasteiger partial charge in [-0.2, -0.15) is 0 Å². The number of nitrogens with zero attached hydrogens (tertiary/aromatic N) is 2. The molecule has 1 aliphatic rings. The number of rotatable bonds is 3. The zero-order valence-corrected chi connectivity index (χ0v) is 9.59. The van der Waals surface area contributed by atoms with Crippen molar-refractivity contribution in [3.05, 3.63) is 0 Å². The Hall–Kier alpha value is -1.30. The number of carboxylic acids is 1. The molecule has 1 fully saturated rings. The number of carboxylic acid groups (broad SMARTS) is 1. The van der Waals surface area contributed by atoms with Gasteiger partial charge < -0.3 is 20.0 Å². The van der Waals surface area contributed by atoms with Crippen molar-refractivity contribution in [3.8, 4) is 0 Å². The smallest absolute Gasteiger partial charge is 0.326 e. The van der Waals surface area contributed by atoms with Crippen molar-refractivity contribution in [1.82, 2.24) is 9.80 Å². The highest BCUT2D eigenvalue weighted by Gasteiger charge is 2.36. The lowest BCUT2D eigenvalue weighted by Gasteiger charge is -2.30. The quantitative estimate of drug-likeness (QED) is 0.713. The second-order valence-corrected chi connectivity index (χ2v) is 4.11. The number of hydrogen-bond donors (Lipinski definition) is 2. The van der Waals surface area contributed by atoms with E-state index in [0.717, 1.165) is 0 Å². The van der Waals surface area contributed by atoms with Crippen LogP contribution >= 0.6 is 0 Å². The predicted octanol–water partition coefficient (Wildman–Crippen LogP) is -0.0320. The van der Waals surface area contributed by atoms with Crippen molar-refractivity contribution in [2.45, 2.75) is 31.8 Å². The SMILES string of the molecule is CC(CO)N(C)C(=O)N1CCCC1C(=O)O. The highest BCUT2D eigenvalue weighted by atomic mass is 16.4. The van der Waals surface area contributed by atoms with E-state index in [1.807, 2.05) is 0 Å². The summed E-state index contributed by atoms with van der Waals surface area (Å²) >= 11 is 0. The summed E-state index contributed by atoms with van der Waals surface area (Å²) in [7, 11) is 1.57. The lowest BCUT2D eigenvalue weighted by atomic mass is 10.2. The molecule has 6 nitrogen and oxygen atoms in total. The van der Waals surface area contributed by atoms with Gasteiger partial charge in [-0.3, -0.25) is 0 Å². The Morgan fingerprint density at radius 1 is 1.56 bits per heavy atom. The zero-order chi connectivity index (χ0) is 12.3. The summed E-state index contributed by atoms with van der Waals surface area (Å²) in [5.41, 5.74) is 0. The average Bonchev–Trinajstić information content (AvgIpc) is 2.74. The van der Waals surface area contributed by atoms with Crippen LogP contribution in [0.3, 0.4) is 0 Å². The molecule has 2 amide bonds. The number of carbonyl (C=O) groups is 2. The van der Waals surface area contributed by atoms with E-state index in [1.165, 1.54) is 9.80 Å². The lowest BCUT2D eigenvalue weighted by molar-refractivity contribution is -0.141. The Balaban J connectivity index is 2.69. The van der Waals surface area contributed by atoms with Crippen molar-refractivity contribution in [3.63, 3.8) is 0 Å². The number of carbonyl (C=O) groups excluding carboxylic acids is 1. The van der Waals surface area contributed by atoms with E-state index in [4.69, 9.17) is 10.2 Å². The van der Waals surface area contributed by atoms with E-state index in [0.29, 0.717) is 19.4 Å². The van der Waals surface area contributed by atoms with Crippen molar-refractivity contribution in [2.24, 2.45) is 0 Å². The Morgan fingerprint density at radius 3 is 2.69 bits per heavy atom. The van der Waals surface area contributed by atoms with Gasteiger partial charge in [-0.05, 0) is 19.8 Å². The minimum atomic E-state index is -0.962. The van der Waals surface area contributed by atoms with Crippen LogP contribution < -0.4 is 0 Å². The molecule has 2 atom stereocenters. The molecule has 1 rings (SSSR count). The standard InChI is InChI=1S/C10H18N2O4/c1-7(6-13)11(2)10(16)12-5-3-4-8(12)9(14)15/h7-8,13H,3-6H2,1-2H3,(H,14,15). The van der Waals surface area contributed by atoms with Crippen molar-refractivity contribution < 1.29 is 19.8 Å². The van der Waals surface area contributed by atoms with Gasteiger partial charge in [0.15, 0.2) is 0 Å². The first-order chi connectivity index (χ1) is 7.49. The third kappa shape index (κ3) is 2.44. The molecule has 1 saturated heterocycles. The lowest BCUT2D eigenvalue weighted by Crippen LogP contribution is -2.50. The summed E-state index contributed by atoms with van der Waals surface area (Å²) in [4.78, 5) is 25.6. The molecule has 0 aromatic carbocycles. The Morgan fingerprint density at radius 2 is 2.19 bits per heavy atom. The topological polar surface area (TPSA) is 81.1 Å². The normalized spacial score (nSPS) is 21.9. The maximum Gasteiger partial charge on any atom is 0.326 e. The summed E-state index contributed by atoms with van der Waals surface area (Å²) in [5, 5.41) is 17.9. The van der Waals surface area contributed by atoms with Gasteiger partial charge in [-0.15, -0.1) is 0 Å². The van der Waals surface area contributed by atoms with Crippen molar-refractivity contribution in [2.75, 3.05) is 20.2 Å². The number of aliphatic hydroxyl groups is 1. The van der Waals surface area contributed by atoms with Crippen LogP contribution in [-0.4, -0.2) is 64.3 Å². The molecule has 1 heterocycles. The summed E-state index contributed by atoms with van der Waals surface area (Å²) in [6.45, 7) is 2.05. The number of likely N-dealkylation sites (N-methyl/N-ethyl adjacent to an activating group) is 1. The van der Waals surface area contributed by atoms with Crippen LogP contribution in [0.5, 0.6) is 0 Å². The molecule has 92 valence electrons. The molecule has 0 aromatic rings. The minimum absolute atomic E-state index is 0.131. The van der Waals surface area contributed by atoms with Crippen molar-refractivity contribution >= 4 is 12.0 Å². The van der Waals surface area contributed by atoms with Crippen LogP contribution in [0.4, 0.5) is 4.79 Å². The average molecular weight is 230 g/mol. The molecule has 0 saturated carbocycles. The molecule has 2 unspecified atom stereocenters. The predicted molar refractivity (Wildman–Crippen MR) is 57.1 cm³/mol. The van der Waals surface area contributed by atoms with Gasteiger partial charge in [0.1, 0.15) is 6.04 Å². The van der Waals surface area contributed by atoms with Crippen molar-refractivity contribution in [1.29, 1.82) is 0 Å². The fraction of sp³-hybridized carbons (Fsp3) is 0.800. The Bertz CT molecular complexity index is 282. The van der Waals surface area contributed by atoms with Gasteiger partial charge in [0.05, 0.1) is 12.6 Å². The van der Waals surface area contributed by atoms with Crippen LogP contribution in [0.25, 0.3) is 0 Å². The maximum absolute atomic E-state index is 11.9. The summed E-state index contributed by atoms with van der Waals surface area (Å²) < 4.78 is 0. The van der Waals surface area contributed by atoms with E-state index < -0.39 is 12.0 Å². The number of amides is 2. The van der Waals surface area contributed by atoms with Crippen LogP contribution in [-0.2, 0) is 4.79 Å². The maximum atomic E-state index is 11.9. The molecule has 2 N–H and O–H groups in total. The number of aliphatic hydroxyl groups excluding tert-OH is 1. The molecule has 16 heavy (non-hydrogen) atoms. The molecule has 1 aliphatic heterocycles. The van der Waals surface area contributed by atoms with E-state index in [9.17, 15) is 9.59 Å². The minimum Gasteiger partial charge on any atom is -0.480 e. The summed E-state index contributed by atoms with van der Waals surface area (Å²) in [5.74, 6) is -0.962. The van der Waals surface area contributed by atoms with E-state index in [-0.39, 0.29) is 18.7 Å². The van der Waals surface area contributed by atoms with Crippen LogP contribution in [0, 0.1) is 0 Å². The molecule has 0 bridgehead atoms. The molecular weight excluding hydrogens is 212 g/mol. The molecular formula is C10H18N2O4. The molecule has 0 spiro atoms. The number of likely N-dealkylation sites (tertiary alicyclic amines) is 1. The number of hydrogen-bond acceptors (Lipinski definition) is 3. The first-order valence-electron chi connectivity index (χ1n) is 5.36. The molecule has 0 aliphatic carbocycles. The largest absolute Gasteiger partial charge is 0.480 e. The van der Waals surface area contributed by atoms with E-state index in [1.54, 1.807) is 14.0 Å². The van der Waals surface area contributed by atoms with E-state index in [2.05, 4.69) is 0 Å². The van der Waals surface area contributed by atoms with Gasteiger partial charge in [-0.25, -0.2) is 9.59 Å². The number of urea groups is 1. The second-order valence-electron chi connectivity index (χ2n) is 4.11. The monoisotopic (exact) mass is 230 g/mol. The van der Waals surface area contributed by atoms with Gasteiger partial charge in [0.25, 0.3) is 0 Å². The van der Waals surface area contributed by atoms with E-state index >= 15 is 0 Å². The highest BCUT2D eigenvalue weighted by Crippen LogP contribution is 2.19. The molecule has 6 heteroatoms. The number of aliphatic carboxylic acids is 1. The van der Waals surface area contributed by atoms with Crippen LogP contribution in [0.1, 0.15) is 19.8 Å².